The summed E-state index contributed by atoms with van der Waals surface area (Å²) in [4.78, 5) is 23.3. The molecule has 0 bridgehead atoms. The average molecular weight is 429 g/mol. The van der Waals surface area contributed by atoms with Crippen molar-refractivity contribution in [3.8, 4) is 17.2 Å². The number of hydrogen-bond acceptors (Lipinski definition) is 7. The van der Waals surface area contributed by atoms with E-state index in [2.05, 4.69) is 17.5 Å². The lowest BCUT2D eigenvalue weighted by Gasteiger charge is -2.12. The van der Waals surface area contributed by atoms with Crippen molar-refractivity contribution in [2.75, 3.05) is 20.8 Å². The fourth-order valence-corrected chi connectivity index (χ4v) is 2.88. The van der Waals surface area contributed by atoms with Gasteiger partial charge in [0.1, 0.15) is 5.75 Å². The summed E-state index contributed by atoms with van der Waals surface area (Å²) in [6.45, 7) is 2.47. The Morgan fingerprint density at radius 2 is 1.87 bits per heavy atom. The molecule has 0 unspecified atom stereocenters. The highest BCUT2D eigenvalue weighted by atomic mass is 16.6. The number of benzene rings is 2. The van der Waals surface area contributed by atoms with Crippen LogP contribution in [0.15, 0.2) is 41.5 Å². The first-order valence-electron chi connectivity index (χ1n) is 9.97. The molecule has 166 valence electrons. The minimum Gasteiger partial charge on any atom is -0.496 e. The summed E-state index contributed by atoms with van der Waals surface area (Å²) in [5, 5.41) is 15.5. The number of hydrogen-bond donors (Lipinski definition) is 1. The van der Waals surface area contributed by atoms with Crippen molar-refractivity contribution in [3.63, 3.8) is 0 Å². The highest BCUT2D eigenvalue weighted by Crippen LogP contribution is 2.38. The van der Waals surface area contributed by atoms with E-state index in [0.717, 1.165) is 25.7 Å². The largest absolute Gasteiger partial charge is 0.496 e. The number of unbranched alkanes of at least 4 members (excludes halogenated alkanes) is 3. The van der Waals surface area contributed by atoms with Crippen molar-refractivity contribution in [3.05, 3.63) is 57.6 Å². The molecule has 2 aromatic carbocycles. The molecule has 9 nitrogen and oxygen atoms in total. The number of nitrogens with zero attached hydrogens (tertiary/aromatic N) is 2. The third kappa shape index (κ3) is 6.70. The number of carbonyl (C=O) groups excluding carboxylic acids is 1. The standard InChI is InChI=1S/C22H27N3O6/c1-4-5-6-9-12-31-21-18(25(27)28)13-16(14-20(21)30-3)15-23-24-22(26)17-10-7-8-11-19(17)29-2/h7-8,10-11,13-15H,4-6,9,12H2,1-3H3,(H,24,26)/b23-15+. The van der Waals surface area contributed by atoms with Crippen molar-refractivity contribution < 1.29 is 23.9 Å². The van der Waals surface area contributed by atoms with E-state index in [1.165, 1.54) is 26.5 Å². The number of nitro groups is 1. The van der Waals surface area contributed by atoms with Crippen LogP contribution in [-0.2, 0) is 0 Å². The second kappa shape index (κ2) is 12.2. The Hall–Kier alpha value is -3.62. The molecule has 0 saturated heterocycles. The van der Waals surface area contributed by atoms with E-state index in [4.69, 9.17) is 14.2 Å². The van der Waals surface area contributed by atoms with E-state index in [1.54, 1.807) is 30.3 Å². The highest BCUT2D eigenvalue weighted by molar-refractivity contribution is 5.97. The highest BCUT2D eigenvalue weighted by Gasteiger charge is 2.22. The van der Waals surface area contributed by atoms with Gasteiger partial charge in [-0.15, -0.1) is 0 Å². The lowest BCUT2D eigenvalue weighted by molar-refractivity contribution is -0.386. The lowest BCUT2D eigenvalue weighted by atomic mass is 10.1. The minimum absolute atomic E-state index is 0.0826. The molecule has 0 radical (unpaired) electrons. The molecule has 1 amide bonds. The summed E-state index contributed by atoms with van der Waals surface area (Å²) in [6, 6.07) is 9.60. The number of para-hydroxylation sites is 1. The van der Waals surface area contributed by atoms with Crippen LogP contribution < -0.4 is 19.6 Å². The second-order valence-corrected chi connectivity index (χ2v) is 6.64. The topological polar surface area (TPSA) is 112 Å². The second-order valence-electron chi connectivity index (χ2n) is 6.64. The number of ether oxygens (including phenoxy) is 3. The van der Waals surface area contributed by atoms with Gasteiger partial charge in [0.15, 0.2) is 5.75 Å². The monoisotopic (exact) mass is 429 g/mol. The third-order valence-electron chi connectivity index (χ3n) is 4.45. The predicted octanol–water partition coefficient (Wildman–Crippen LogP) is 4.34. The summed E-state index contributed by atoms with van der Waals surface area (Å²) in [7, 11) is 2.88. The Morgan fingerprint density at radius 3 is 2.55 bits per heavy atom. The van der Waals surface area contributed by atoms with Gasteiger partial charge in [0.2, 0.25) is 5.75 Å². The van der Waals surface area contributed by atoms with E-state index in [0.29, 0.717) is 23.5 Å². The molecular formula is C22H27N3O6. The number of rotatable bonds is 12. The Morgan fingerprint density at radius 1 is 1.13 bits per heavy atom. The van der Waals surface area contributed by atoms with Gasteiger partial charge in [0, 0.05) is 11.6 Å². The summed E-state index contributed by atoms with van der Waals surface area (Å²) in [5.41, 5.74) is 2.85. The van der Waals surface area contributed by atoms with Gasteiger partial charge >= 0.3 is 5.69 Å². The van der Waals surface area contributed by atoms with Crippen LogP contribution in [0.1, 0.15) is 48.5 Å². The summed E-state index contributed by atoms with van der Waals surface area (Å²) in [6.07, 6.45) is 5.26. The Kier molecular flexibility index (Phi) is 9.28. The molecule has 0 saturated carbocycles. The maximum absolute atomic E-state index is 12.3. The van der Waals surface area contributed by atoms with Crippen LogP contribution in [0.25, 0.3) is 0 Å². The molecule has 9 heteroatoms. The Bertz CT molecular complexity index is 929. The first kappa shape index (κ1) is 23.7. The third-order valence-corrected chi connectivity index (χ3v) is 4.45. The van der Waals surface area contributed by atoms with Crippen LogP contribution >= 0.6 is 0 Å². The van der Waals surface area contributed by atoms with Crippen LogP contribution in [0, 0.1) is 10.1 Å². The van der Waals surface area contributed by atoms with Gasteiger partial charge in [-0.05, 0) is 24.6 Å². The van der Waals surface area contributed by atoms with Gasteiger partial charge in [-0.3, -0.25) is 14.9 Å². The summed E-state index contributed by atoms with van der Waals surface area (Å²) in [5.74, 6) is 0.247. The zero-order valence-electron chi connectivity index (χ0n) is 17.9. The molecule has 0 aromatic heterocycles. The lowest BCUT2D eigenvalue weighted by Crippen LogP contribution is -2.18. The molecular weight excluding hydrogens is 402 g/mol. The van der Waals surface area contributed by atoms with Crippen molar-refractivity contribution >= 4 is 17.8 Å². The van der Waals surface area contributed by atoms with Gasteiger partial charge in [0.25, 0.3) is 5.91 Å². The fourth-order valence-electron chi connectivity index (χ4n) is 2.88. The first-order valence-corrected chi connectivity index (χ1v) is 9.97. The number of carbonyl (C=O) groups is 1. The molecule has 1 N–H and O–H groups in total. The Labute approximate surface area is 181 Å². The van der Waals surface area contributed by atoms with Gasteiger partial charge in [-0.25, -0.2) is 5.43 Å². The summed E-state index contributed by atoms with van der Waals surface area (Å²) < 4.78 is 16.1. The SMILES string of the molecule is CCCCCCOc1c(OC)cc(/C=N/NC(=O)c2ccccc2OC)cc1[N+](=O)[O-]. The molecule has 2 rings (SSSR count). The normalized spacial score (nSPS) is 10.7. The van der Waals surface area contributed by atoms with Gasteiger partial charge in [-0.1, -0.05) is 38.3 Å². The molecule has 31 heavy (non-hydrogen) atoms. The van der Waals surface area contributed by atoms with Gasteiger partial charge in [-0.2, -0.15) is 5.10 Å². The van der Waals surface area contributed by atoms with Crippen LogP contribution in [0.4, 0.5) is 5.69 Å². The van der Waals surface area contributed by atoms with Crippen LogP contribution in [0.2, 0.25) is 0 Å². The van der Waals surface area contributed by atoms with Crippen molar-refractivity contribution in [1.29, 1.82) is 0 Å². The van der Waals surface area contributed by atoms with E-state index in [9.17, 15) is 14.9 Å². The van der Waals surface area contributed by atoms with E-state index in [1.807, 2.05) is 0 Å². The van der Waals surface area contributed by atoms with E-state index < -0.39 is 10.8 Å². The minimum atomic E-state index is -0.533. The van der Waals surface area contributed by atoms with Gasteiger partial charge < -0.3 is 14.2 Å². The molecule has 0 heterocycles. The van der Waals surface area contributed by atoms with Crippen LogP contribution in [0.3, 0.4) is 0 Å². The number of amides is 1. The number of hydrazone groups is 1. The smallest absolute Gasteiger partial charge is 0.315 e. The quantitative estimate of drug-likeness (QED) is 0.232. The van der Waals surface area contributed by atoms with Crippen molar-refractivity contribution in [2.45, 2.75) is 32.6 Å². The molecule has 0 aliphatic heterocycles. The molecule has 0 fully saturated rings. The molecule has 2 aromatic rings. The fraction of sp³-hybridized carbons (Fsp3) is 0.364. The van der Waals surface area contributed by atoms with Crippen LogP contribution in [0.5, 0.6) is 17.2 Å². The molecule has 0 aliphatic rings. The number of nitro benzene ring substituents is 1. The first-order chi connectivity index (χ1) is 15.0. The maximum atomic E-state index is 12.3. The molecule has 0 aliphatic carbocycles. The molecule has 0 spiro atoms. The number of nitrogens with one attached hydrogen (secondary N) is 1. The number of methoxy groups -OCH3 is 2. The molecule has 0 atom stereocenters. The van der Waals surface area contributed by atoms with Crippen LogP contribution in [-0.4, -0.2) is 37.9 Å². The zero-order valence-corrected chi connectivity index (χ0v) is 17.9. The Balaban J connectivity index is 2.16. The maximum Gasteiger partial charge on any atom is 0.315 e. The summed E-state index contributed by atoms with van der Waals surface area (Å²) >= 11 is 0. The van der Waals surface area contributed by atoms with E-state index >= 15 is 0 Å². The average Bonchev–Trinajstić information content (AvgIpc) is 2.78. The zero-order chi connectivity index (χ0) is 22.6. The van der Waals surface area contributed by atoms with Crippen molar-refractivity contribution in [1.82, 2.24) is 5.43 Å². The predicted molar refractivity (Wildman–Crippen MR) is 117 cm³/mol. The van der Waals surface area contributed by atoms with Crippen molar-refractivity contribution in [2.24, 2.45) is 5.10 Å². The van der Waals surface area contributed by atoms with Gasteiger partial charge in [0.05, 0.1) is 37.5 Å². The van der Waals surface area contributed by atoms with E-state index in [-0.39, 0.29) is 17.2 Å².